The number of methoxy groups -OCH3 is 3. The summed E-state index contributed by atoms with van der Waals surface area (Å²) in [6.07, 6.45) is 1.54. The third kappa shape index (κ3) is 2.51. The molecule has 0 bridgehead atoms. The number of anilines is 1. The number of hydrogen-bond donors (Lipinski definition) is 2. The maximum atomic E-state index is 12.2. The number of aromatic nitrogens is 2. The smallest absolute Gasteiger partial charge is 0.260 e. The number of carbonyl (C=O) groups is 1. The Bertz CT molecular complexity index is 596. The van der Waals surface area contributed by atoms with Gasteiger partial charge in [0.05, 0.1) is 33.1 Å². The number of aromatic amines is 1. The number of H-pyrrole nitrogens is 1. The third-order valence-electron chi connectivity index (χ3n) is 2.70. The summed E-state index contributed by atoms with van der Waals surface area (Å²) in [4.78, 5) is 12.2. The predicted octanol–water partition coefficient (Wildman–Crippen LogP) is 1.69. The predicted molar refractivity (Wildman–Crippen MR) is 72.6 cm³/mol. The first-order valence-electron chi connectivity index (χ1n) is 5.81. The molecule has 0 spiro atoms. The largest absolute Gasteiger partial charge is 0.493 e. The van der Waals surface area contributed by atoms with Crippen molar-refractivity contribution in [1.29, 1.82) is 0 Å². The van der Waals surface area contributed by atoms with Crippen LogP contribution in [0.2, 0.25) is 0 Å². The summed E-state index contributed by atoms with van der Waals surface area (Å²) in [6.45, 7) is 0. The van der Waals surface area contributed by atoms with Crippen LogP contribution in [-0.4, -0.2) is 37.4 Å². The number of hydrogen-bond acceptors (Lipinski definition) is 5. The second kappa shape index (κ2) is 5.96. The van der Waals surface area contributed by atoms with E-state index in [4.69, 9.17) is 14.2 Å². The highest BCUT2D eigenvalue weighted by Gasteiger charge is 2.20. The third-order valence-corrected chi connectivity index (χ3v) is 2.70. The van der Waals surface area contributed by atoms with Gasteiger partial charge < -0.3 is 19.5 Å². The van der Waals surface area contributed by atoms with E-state index in [1.807, 2.05) is 0 Å². The zero-order valence-electron chi connectivity index (χ0n) is 11.4. The fourth-order valence-electron chi connectivity index (χ4n) is 1.80. The van der Waals surface area contributed by atoms with Crippen molar-refractivity contribution in [2.45, 2.75) is 0 Å². The second-order valence-corrected chi connectivity index (χ2v) is 3.81. The minimum Gasteiger partial charge on any atom is -0.493 e. The number of benzene rings is 1. The van der Waals surface area contributed by atoms with Gasteiger partial charge in [0.15, 0.2) is 11.5 Å². The van der Waals surface area contributed by atoms with Crippen LogP contribution in [0.5, 0.6) is 17.2 Å². The van der Waals surface area contributed by atoms with E-state index in [2.05, 4.69) is 15.5 Å². The van der Waals surface area contributed by atoms with Crippen molar-refractivity contribution in [3.05, 3.63) is 30.0 Å². The first-order valence-corrected chi connectivity index (χ1v) is 5.81. The number of nitrogens with one attached hydrogen (secondary N) is 2. The van der Waals surface area contributed by atoms with E-state index in [0.717, 1.165) is 0 Å². The van der Waals surface area contributed by atoms with Gasteiger partial charge in [-0.05, 0) is 12.1 Å². The Morgan fingerprint density at radius 1 is 1.10 bits per heavy atom. The Kier molecular flexibility index (Phi) is 4.09. The van der Waals surface area contributed by atoms with Crippen molar-refractivity contribution in [3.63, 3.8) is 0 Å². The van der Waals surface area contributed by atoms with Gasteiger partial charge in [-0.3, -0.25) is 9.89 Å². The molecule has 1 amide bonds. The van der Waals surface area contributed by atoms with Crippen LogP contribution >= 0.6 is 0 Å². The number of nitrogens with zero attached hydrogens (tertiary/aromatic N) is 1. The summed E-state index contributed by atoms with van der Waals surface area (Å²) in [5.74, 6) is 1.32. The topological polar surface area (TPSA) is 85.5 Å². The van der Waals surface area contributed by atoms with Gasteiger partial charge >= 0.3 is 0 Å². The lowest BCUT2D eigenvalue weighted by Crippen LogP contribution is -2.14. The fourth-order valence-corrected chi connectivity index (χ4v) is 1.80. The Labute approximate surface area is 115 Å². The van der Waals surface area contributed by atoms with E-state index in [-0.39, 0.29) is 5.91 Å². The molecule has 0 aliphatic heterocycles. The molecule has 1 heterocycles. The van der Waals surface area contributed by atoms with Gasteiger partial charge in [0.2, 0.25) is 5.75 Å². The van der Waals surface area contributed by atoms with E-state index in [9.17, 15) is 4.79 Å². The summed E-state index contributed by atoms with van der Waals surface area (Å²) >= 11 is 0. The molecule has 0 saturated carbocycles. The van der Waals surface area contributed by atoms with E-state index in [1.54, 1.807) is 24.4 Å². The molecule has 7 heteroatoms. The van der Waals surface area contributed by atoms with Crippen molar-refractivity contribution in [3.8, 4) is 17.2 Å². The highest BCUT2D eigenvalue weighted by atomic mass is 16.5. The van der Waals surface area contributed by atoms with Crippen molar-refractivity contribution < 1.29 is 19.0 Å². The zero-order valence-corrected chi connectivity index (χ0v) is 11.4. The lowest BCUT2D eigenvalue weighted by Gasteiger charge is -2.15. The molecule has 20 heavy (non-hydrogen) atoms. The molecule has 0 unspecified atom stereocenters. The summed E-state index contributed by atoms with van der Waals surface area (Å²) in [5.41, 5.74) is 0.333. The maximum absolute atomic E-state index is 12.2. The molecule has 106 valence electrons. The molecule has 2 aromatic rings. The van der Waals surface area contributed by atoms with Crippen LogP contribution in [-0.2, 0) is 0 Å². The molecule has 2 rings (SSSR count). The van der Waals surface area contributed by atoms with E-state index in [0.29, 0.717) is 28.6 Å². The van der Waals surface area contributed by atoms with Crippen LogP contribution in [0.1, 0.15) is 10.4 Å². The lowest BCUT2D eigenvalue weighted by molar-refractivity contribution is 0.102. The molecule has 1 aromatic heterocycles. The number of carbonyl (C=O) groups excluding carboxylic acids is 1. The molecule has 0 fully saturated rings. The zero-order chi connectivity index (χ0) is 14.5. The van der Waals surface area contributed by atoms with Gasteiger partial charge in [-0.2, -0.15) is 5.10 Å². The monoisotopic (exact) mass is 277 g/mol. The Morgan fingerprint density at radius 3 is 2.40 bits per heavy atom. The maximum Gasteiger partial charge on any atom is 0.260 e. The van der Waals surface area contributed by atoms with E-state index in [1.165, 1.54) is 21.3 Å². The van der Waals surface area contributed by atoms with Gasteiger partial charge in [0.1, 0.15) is 5.82 Å². The number of rotatable bonds is 5. The molecule has 0 saturated heterocycles. The highest BCUT2D eigenvalue weighted by molar-refractivity contribution is 6.06. The molecule has 0 atom stereocenters. The SMILES string of the molecule is COc1ccc(C(=O)Nc2ccn[nH]2)c(OC)c1OC. The summed E-state index contributed by atoms with van der Waals surface area (Å²) in [7, 11) is 4.46. The first-order chi connectivity index (χ1) is 9.71. The van der Waals surface area contributed by atoms with Gasteiger partial charge in [0, 0.05) is 6.07 Å². The molecule has 0 aliphatic carbocycles. The molecular formula is C13H15N3O4. The highest BCUT2D eigenvalue weighted by Crippen LogP contribution is 2.39. The second-order valence-electron chi connectivity index (χ2n) is 3.81. The van der Waals surface area contributed by atoms with Crippen molar-refractivity contribution in [1.82, 2.24) is 10.2 Å². The average molecular weight is 277 g/mol. The average Bonchev–Trinajstić information content (AvgIpc) is 2.98. The molecule has 7 nitrogen and oxygen atoms in total. The number of amides is 1. The fraction of sp³-hybridized carbons (Fsp3) is 0.231. The lowest BCUT2D eigenvalue weighted by atomic mass is 10.1. The van der Waals surface area contributed by atoms with Gasteiger partial charge in [-0.15, -0.1) is 0 Å². The normalized spacial score (nSPS) is 9.95. The van der Waals surface area contributed by atoms with Crippen LogP contribution in [0, 0.1) is 0 Å². The van der Waals surface area contributed by atoms with Crippen LogP contribution < -0.4 is 19.5 Å². The quantitative estimate of drug-likeness (QED) is 0.868. The van der Waals surface area contributed by atoms with E-state index < -0.39 is 0 Å². The van der Waals surface area contributed by atoms with Crippen LogP contribution in [0.25, 0.3) is 0 Å². The Morgan fingerprint density at radius 2 is 1.85 bits per heavy atom. The van der Waals surface area contributed by atoms with Crippen molar-refractivity contribution in [2.75, 3.05) is 26.6 Å². The summed E-state index contributed by atoms with van der Waals surface area (Å²) in [6, 6.07) is 4.89. The molecule has 0 radical (unpaired) electrons. The van der Waals surface area contributed by atoms with E-state index >= 15 is 0 Å². The van der Waals surface area contributed by atoms with Crippen LogP contribution in [0.3, 0.4) is 0 Å². The molecule has 1 aromatic carbocycles. The van der Waals surface area contributed by atoms with Crippen molar-refractivity contribution in [2.24, 2.45) is 0 Å². The van der Waals surface area contributed by atoms with Gasteiger partial charge in [-0.25, -0.2) is 0 Å². The Balaban J connectivity index is 2.38. The van der Waals surface area contributed by atoms with Crippen LogP contribution in [0.4, 0.5) is 5.82 Å². The van der Waals surface area contributed by atoms with Gasteiger partial charge in [0.25, 0.3) is 5.91 Å². The summed E-state index contributed by atoms with van der Waals surface area (Å²) in [5, 5.41) is 9.07. The number of ether oxygens (including phenoxy) is 3. The minimum atomic E-state index is -0.341. The minimum absolute atomic E-state index is 0.309. The first kappa shape index (κ1) is 13.7. The molecule has 0 aliphatic rings. The summed E-state index contributed by atoms with van der Waals surface area (Å²) < 4.78 is 15.7. The van der Waals surface area contributed by atoms with Crippen molar-refractivity contribution >= 4 is 11.7 Å². The molecule has 2 N–H and O–H groups in total. The Hall–Kier alpha value is -2.70. The molecular weight excluding hydrogens is 262 g/mol. The standard InChI is InChI=1S/C13H15N3O4/c1-18-9-5-4-8(11(19-2)12(9)20-3)13(17)15-10-6-7-14-16-10/h4-7H,1-3H3,(H2,14,15,16,17). The van der Waals surface area contributed by atoms with Crippen LogP contribution in [0.15, 0.2) is 24.4 Å². The van der Waals surface area contributed by atoms with Gasteiger partial charge in [-0.1, -0.05) is 0 Å².